The van der Waals surface area contributed by atoms with E-state index in [2.05, 4.69) is 26.3 Å². The molecule has 2 amide bonds. The number of alkyl halides is 3. The van der Waals surface area contributed by atoms with Crippen molar-refractivity contribution < 1.29 is 18.0 Å². The Bertz CT molecular complexity index is 992. The van der Waals surface area contributed by atoms with Crippen LogP contribution in [0, 0.1) is 0 Å². The molecule has 3 rings (SSSR count). The van der Waals surface area contributed by atoms with Crippen LogP contribution >= 0.6 is 0 Å². The standard InChI is InChI=1S/C18H19F3N6O/c1-17(2,3)12-9-14-23-13(18(19,20)21)10-15(27(14)26-12)24-25-16(28)22-11-7-5-4-6-8-11/h4-10,24H,1-3H3,(H2,22,25,28). The van der Waals surface area contributed by atoms with E-state index < -0.39 is 17.9 Å². The molecule has 3 N–H and O–H groups in total. The molecule has 10 heteroatoms. The van der Waals surface area contributed by atoms with Gasteiger partial charge in [0, 0.05) is 23.2 Å². The molecule has 0 saturated carbocycles. The minimum Gasteiger partial charge on any atom is -0.307 e. The Morgan fingerprint density at radius 3 is 2.32 bits per heavy atom. The molecule has 0 atom stereocenters. The fourth-order valence-corrected chi connectivity index (χ4v) is 2.38. The molecular formula is C18H19F3N6O. The molecule has 7 nitrogen and oxygen atoms in total. The summed E-state index contributed by atoms with van der Waals surface area (Å²) in [6.45, 7) is 5.66. The van der Waals surface area contributed by atoms with Crippen molar-refractivity contribution in [1.82, 2.24) is 20.0 Å². The summed E-state index contributed by atoms with van der Waals surface area (Å²) < 4.78 is 40.8. The average Bonchev–Trinajstić information content (AvgIpc) is 3.04. The van der Waals surface area contributed by atoms with Gasteiger partial charge >= 0.3 is 12.2 Å². The fourth-order valence-electron chi connectivity index (χ4n) is 2.38. The zero-order valence-corrected chi connectivity index (χ0v) is 15.4. The first-order valence-corrected chi connectivity index (χ1v) is 8.40. The van der Waals surface area contributed by atoms with Gasteiger partial charge in [0.25, 0.3) is 0 Å². The maximum Gasteiger partial charge on any atom is 0.433 e. The van der Waals surface area contributed by atoms with Crippen LogP contribution in [0.5, 0.6) is 0 Å². The summed E-state index contributed by atoms with van der Waals surface area (Å²) in [5, 5.41) is 6.88. The molecule has 2 heterocycles. The molecule has 0 aliphatic heterocycles. The molecule has 0 unspecified atom stereocenters. The van der Waals surface area contributed by atoms with Crippen molar-refractivity contribution in [2.45, 2.75) is 32.4 Å². The van der Waals surface area contributed by atoms with Crippen molar-refractivity contribution in [3.05, 3.63) is 53.9 Å². The van der Waals surface area contributed by atoms with Crippen molar-refractivity contribution in [2.24, 2.45) is 0 Å². The van der Waals surface area contributed by atoms with Crippen LogP contribution < -0.4 is 16.2 Å². The van der Waals surface area contributed by atoms with Crippen LogP contribution in [-0.2, 0) is 11.6 Å². The highest BCUT2D eigenvalue weighted by Gasteiger charge is 2.34. The minimum absolute atomic E-state index is 0.0208. The number of hydrogen-bond acceptors (Lipinski definition) is 4. The number of amides is 2. The molecule has 0 saturated heterocycles. The molecule has 0 aliphatic carbocycles. The zero-order valence-electron chi connectivity index (χ0n) is 15.4. The minimum atomic E-state index is -4.64. The molecule has 3 aromatic rings. The molecule has 0 aliphatic rings. The summed E-state index contributed by atoms with van der Waals surface area (Å²) in [6.07, 6.45) is -4.64. The lowest BCUT2D eigenvalue weighted by atomic mass is 9.93. The third-order valence-corrected chi connectivity index (χ3v) is 3.82. The van der Waals surface area contributed by atoms with E-state index in [9.17, 15) is 18.0 Å². The number of urea groups is 1. The summed E-state index contributed by atoms with van der Waals surface area (Å²) in [5.74, 6) is -0.0731. The Hall–Kier alpha value is -3.30. The molecule has 0 bridgehead atoms. The van der Waals surface area contributed by atoms with E-state index >= 15 is 0 Å². The summed E-state index contributed by atoms with van der Waals surface area (Å²) >= 11 is 0. The number of fused-ring (bicyclic) bond motifs is 1. The number of para-hydroxylation sites is 1. The van der Waals surface area contributed by atoms with Crippen LogP contribution in [0.25, 0.3) is 5.65 Å². The van der Waals surface area contributed by atoms with Crippen LogP contribution in [0.3, 0.4) is 0 Å². The first kappa shape index (κ1) is 19.5. The summed E-state index contributed by atoms with van der Waals surface area (Å²) in [7, 11) is 0. The number of nitrogens with zero attached hydrogens (tertiary/aromatic N) is 3. The van der Waals surface area contributed by atoms with E-state index in [4.69, 9.17) is 0 Å². The Labute approximate surface area is 158 Å². The lowest BCUT2D eigenvalue weighted by Gasteiger charge is -2.14. The van der Waals surface area contributed by atoms with Gasteiger partial charge in [-0.05, 0) is 12.1 Å². The first-order chi connectivity index (χ1) is 13.0. The number of benzene rings is 1. The highest BCUT2D eigenvalue weighted by atomic mass is 19.4. The van der Waals surface area contributed by atoms with Crippen LogP contribution in [0.1, 0.15) is 32.2 Å². The van der Waals surface area contributed by atoms with Crippen LogP contribution in [-0.4, -0.2) is 20.6 Å². The monoisotopic (exact) mass is 392 g/mol. The maximum atomic E-state index is 13.2. The third-order valence-electron chi connectivity index (χ3n) is 3.82. The molecule has 148 valence electrons. The maximum absolute atomic E-state index is 13.2. The van der Waals surface area contributed by atoms with E-state index in [1.54, 1.807) is 30.3 Å². The Morgan fingerprint density at radius 2 is 1.71 bits per heavy atom. The molecule has 0 radical (unpaired) electrons. The second-order valence-corrected chi connectivity index (χ2v) is 7.14. The summed E-state index contributed by atoms with van der Waals surface area (Å²) in [6, 6.07) is 10.3. The number of aromatic nitrogens is 3. The lowest BCUT2D eigenvalue weighted by Crippen LogP contribution is -2.34. The normalized spacial score (nSPS) is 12.1. The van der Waals surface area contributed by atoms with Crippen LogP contribution in [0.4, 0.5) is 29.5 Å². The van der Waals surface area contributed by atoms with Crippen molar-refractivity contribution >= 4 is 23.2 Å². The smallest absolute Gasteiger partial charge is 0.307 e. The molecule has 1 aromatic carbocycles. The van der Waals surface area contributed by atoms with Crippen molar-refractivity contribution in [2.75, 3.05) is 10.7 Å². The van der Waals surface area contributed by atoms with E-state index in [-0.39, 0.29) is 16.9 Å². The van der Waals surface area contributed by atoms with Gasteiger partial charge in [-0.15, -0.1) is 0 Å². The number of halogens is 3. The third kappa shape index (κ3) is 4.33. The van der Waals surface area contributed by atoms with Crippen molar-refractivity contribution in [3.8, 4) is 0 Å². The number of carbonyl (C=O) groups is 1. The predicted octanol–water partition coefficient (Wildman–Crippen LogP) is 4.19. The largest absolute Gasteiger partial charge is 0.433 e. The fraction of sp³-hybridized carbons (Fsp3) is 0.278. The number of anilines is 2. The van der Waals surface area contributed by atoms with E-state index in [1.165, 1.54) is 10.6 Å². The number of carbonyl (C=O) groups excluding carboxylic acids is 1. The predicted molar refractivity (Wildman–Crippen MR) is 98.9 cm³/mol. The van der Waals surface area contributed by atoms with E-state index in [0.29, 0.717) is 11.4 Å². The zero-order chi connectivity index (χ0) is 20.5. The van der Waals surface area contributed by atoms with Crippen molar-refractivity contribution in [3.63, 3.8) is 0 Å². The number of nitrogens with one attached hydrogen (secondary N) is 3. The quantitative estimate of drug-likeness (QED) is 0.584. The molecule has 28 heavy (non-hydrogen) atoms. The number of rotatable bonds is 3. The second kappa shape index (κ2) is 7.02. The number of hydrazine groups is 1. The molecule has 0 spiro atoms. The van der Waals surface area contributed by atoms with Crippen LogP contribution in [0.15, 0.2) is 42.5 Å². The highest BCUT2D eigenvalue weighted by molar-refractivity contribution is 5.89. The number of hydrogen-bond donors (Lipinski definition) is 3. The first-order valence-electron chi connectivity index (χ1n) is 8.40. The van der Waals surface area contributed by atoms with Gasteiger partial charge in [-0.25, -0.2) is 9.78 Å². The van der Waals surface area contributed by atoms with Gasteiger partial charge < -0.3 is 5.32 Å². The Balaban J connectivity index is 1.89. The van der Waals surface area contributed by atoms with Gasteiger partial charge in [0.1, 0.15) is 0 Å². The highest BCUT2D eigenvalue weighted by Crippen LogP contribution is 2.31. The second-order valence-electron chi connectivity index (χ2n) is 7.14. The van der Waals surface area contributed by atoms with E-state index in [0.717, 1.165) is 6.07 Å². The van der Waals surface area contributed by atoms with Crippen LogP contribution in [0.2, 0.25) is 0 Å². The van der Waals surface area contributed by atoms with Gasteiger partial charge in [0.15, 0.2) is 17.2 Å². The van der Waals surface area contributed by atoms with Gasteiger partial charge in [0.05, 0.1) is 5.69 Å². The van der Waals surface area contributed by atoms with Gasteiger partial charge in [-0.1, -0.05) is 39.0 Å². The Morgan fingerprint density at radius 1 is 1.04 bits per heavy atom. The average molecular weight is 392 g/mol. The molecule has 0 fully saturated rings. The van der Waals surface area contributed by atoms with Gasteiger partial charge in [0.2, 0.25) is 0 Å². The lowest BCUT2D eigenvalue weighted by molar-refractivity contribution is -0.141. The van der Waals surface area contributed by atoms with E-state index in [1.807, 2.05) is 20.8 Å². The summed E-state index contributed by atoms with van der Waals surface area (Å²) in [5.41, 5.74) is 4.44. The SMILES string of the molecule is CC(C)(C)c1cc2nc(C(F)(F)F)cc(NNC(=O)Nc3ccccc3)n2n1. The molecule has 2 aromatic heterocycles. The van der Waals surface area contributed by atoms with Gasteiger partial charge in [-0.2, -0.15) is 22.8 Å². The van der Waals surface area contributed by atoms with Crippen molar-refractivity contribution in [1.29, 1.82) is 0 Å². The van der Waals surface area contributed by atoms with Gasteiger partial charge in [-0.3, -0.25) is 10.9 Å². The topological polar surface area (TPSA) is 83.3 Å². The summed E-state index contributed by atoms with van der Waals surface area (Å²) in [4.78, 5) is 15.7. The Kier molecular flexibility index (Phi) is 4.88. The molecular weight excluding hydrogens is 373 g/mol.